The molecule has 2 aromatic heterocycles. The highest BCUT2D eigenvalue weighted by molar-refractivity contribution is 7.15. The molecule has 2 aromatic rings. The fourth-order valence-electron chi connectivity index (χ4n) is 1.63. The summed E-state index contributed by atoms with van der Waals surface area (Å²) in [6.07, 6.45) is 4.59. The van der Waals surface area contributed by atoms with E-state index in [1.54, 1.807) is 16.7 Å². The minimum Gasteiger partial charge on any atom is -0.375 e. The van der Waals surface area contributed by atoms with Crippen LogP contribution in [0, 0.1) is 0 Å². The third-order valence-electron chi connectivity index (χ3n) is 2.66. The van der Waals surface area contributed by atoms with Crippen molar-refractivity contribution < 1.29 is 4.79 Å². The second-order valence-electron chi connectivity index (χ2n) is 4.24. The third kappa shape index (κ3) is 2.68. The maximum absolute atomic E-state index is 11.8. The van der Waals surface area contributed by atoms with Gasteiger partial charge in [-0.05, 0) is 18.8 Å². The van der Waals surface area contributed by atoms with Gasteiger partial charge in [-0.1, -0.05) is 0 Å². The van der Waals surface area contributed by atoms with Gasteiger partial charge in [0.2, 0.25) is 5.91 Å². The summed E-state index contributed by atoms with van der Waals surface area (Å²) in [5.41, 5.74) is 6.22. The maximum atomic E-state index is 11.8. The zero-order valence-electron chi connectivity index (χ0n) is 9.55. The Hall–Kier alpha value is -1.47. The molecule has 0 saturated heterocycles. The van der Waals surface area contributed by atoms with E-state index < -0.39 is 0 Å². The molecule has 0 spiro atoms. The number of carbonyl (C=O) groups excluding carboxylic acids is 1. The van der Waals surface area contributed by atoms with Gasteiger partial charge in [-0.2, -0.15) is 0 Å². The molecule has 0 unspecified atom stereocenters. The highest BCUT2D eigenvalue weighted by Crippen LogP contribution is 2.43. The van der Waals surface area contributed by atoms with E-state index in [1.807, 2.05) is 6.20 Å². The fourth-order valence-corrected chi connectivity index (χ4v) is 3.20. The van der Waals surface area contributed by atoms with Crippen LogP contribution >= 0.6 is 22.7 Å². The molecule has 1 aliphatic carbocycles. The summed E-state index contributed by atoms with van der Waals surface area (Å²) in [6.45, 7) is 0. The number of carbonyl (C=O) groups is 1. The molecule has 0 aromatic carbocycles. The summed E-state index contributed by atoms with van der Waals surface area (Å²) in [7, 11) is 0. The molecule has 0 aliphatic heterocycles. The van der Waals surface area contributed by atoms with Crippen LogP contribution in [-0.2, 0) is 11.2 Å². The number of thiazole rings is 2. The molecule has 3 N–H and O–H groups in total. The number of nitrogens with zero attached hydrogens (tertiary/aromatic N) is 2. The fraction of sp³-hybridized carbons (Fsp3) is 0.364. The Morgan fingerprint density at radius 1 is 1.56 bits per heavy atom. The lowest BCUT2D eigenvalue weighted by molar-refractivity contribution is -0.115. The number of hydrogen-bond donors (Lipinski definition) is 2. The minimum absolute atomic E-state index is 0.100. The third-order valence-corrected chi connectivity index (χ3v) is 4.46. The van der Waals surface area contributed by atoms with Gasteiger partial charge in [-0.3, -0.25) is 4.79 Å². The summed E-state index contributed by atoms with van der Waals surface area (Å²) >= 11 is 2.90. The Morgan fingerprint density at radius 2 is 2.39 bits per heavy atom. The Kier molecular flexibility index (Phi) is 3.00. The zero-order valence-corrected chi connectivity index (χ0v) is 11.2. The van der Waals surface area contributed by atoms with Gasteiger partial charge in [0.25, 0.3) is 0 Å². The lowest BCUT2D eigenvalue weighted by Gasteiger charge is -1.98. The summed E-state index contributed by atoms with van der Waals surface area (Å²) in [6, 6.07) is 0. The molecule has 0 atom stereocenters. The van der Waals surface area contributed by atoms with E-state index in [4.69, 9.17) is 5.73 Å². The van der Waals surface area contributed by atoms with Crippen LogP contribution in [0.5, 0.6) is 0 Å². The molecule has 1 aliphatic rings. The van der Waals surface area contributed by atoms with E-state index >= 15 is 0 Å². The second-order valence-corrected chi connectivity index (χ2v) is 6.20. The minimum atomic E-state index is -0.100. The van der Waals surface area contributed by atoms with Crippen molar-refractivity contribution in [2.75, 3.05) is 11.1 Å². The first-order chi connectivity index (χ1) is 8.70. The van der Waals surface area contributed by atoms with E-state index in [-0.39, 0.29) is 12.3 Å². The zero-order chi connectivity index (χ0) is 12.5. The van der Waals surface area contributed by atoms with Crippen molar-refractivity contribution >= 4 is 38.8 Å². The number of hydrogen-bond acceptors (Lipinski definition) is 6. The number of aromatic nitrogens is 2. The first-order valence-electron chi connectivity index (χ1n) is 5.66. The van der Waals surface area contributed by atoms with Crippen LogP contribution in [0.25, 0.3) is 0 Å². The average molecular weight is 280 g/mol. The SMILES string of the molecule is Nc1nc(CC(=O)Nc2ncc(C3CC3)s2)cs1. The summed E-state index contributed by atoms with van der Waals surface area (Å²) in [5, 5.41) is 5.75. The Bertz CT molecular complexity index is 573. The van der Waals surface area contributed by atoms with Crippen LogP contribution in [-0.4, -0.2) is 15.9 Å². The van der Waals surface area contributed by atoms with Gasteiger partial charge in [-0.25, -0.2) is 9.97 Å². The molecule has 3 rings (SSSR count). The molecule has 1 amide bonds. The van der Waals surface area contributed by atoms with Crippen LogP contribution in [0.3, 0.4) is 0 Å². The quantitative estimate of drug-likeness (QED) is 0.900. The number of nitrogens with one attached hydrogen (secondary N) is 1. The van der Waals surface area contributed by atoms with Crippen molar-refractivity contribution in [2.24, 2.45) is 0 Å². The van der Waals surface area contributed by atoms with Gasteiger partial charge in [0.1, 0.15) is 0 Å². The molecule has 5 nitrogen and oxygen atoms in total. The lowest BCUT2D eigenvalue weighted by Crippen LogP contribution is -2.14. The smallest absolute Gasteiger partial charge is 0.232 e. The van der Waals surface area contributed by atoms with Gasteiger partial charge in [-0.15, -0.1) is 22.7 Å². The predicted octanol–water partition coefficient (Wildman–Crippen LogP) is 2.24. The molecule has 7 heteroatoms. The number of nitrogens with two attached hydrogens (primary N) is 1. The van der Waals surface area contributed by atoms with E-state index in [9.17, 15) is 4.79 Å². The number of amides is 1. The molecular formula is C11H12N4OS2. The molecule has 0 radical (unpaired) electrons. The molecule has 2 heterocycles. The first kappa shape index (κ1) is 11.6. The molecule has 1 fully saturated rings. The number of anilines is 2. The van der Waals surface area contributed by atoms with Crippen molar-refractivity contribution in [3.8, 4) is 0 Å². The van der Waals surface area contributed by atoms with E-state index in [0.717, 1.165) is 0 Å². The average Bonchev–Trinajstić information content (AvgIpc) is 2.95. The Labute approximate surface area is 112 Å². The maximum Gasteiger partial charge on any atom is 0.232 e. The highest BCUT2D eigenvalue weighted by atomic mass is 32.1. The van der Waals surface area contributed by atoms with Crippen molar-refractivity contribution in [3.05, 3.63) is 22.1 Å². The molecule has 94 valence electrons. The van der Waals surface area contributed by atoms with E-state index in [1.165, 1.54) is 29.1 Å². The van der Waals surface area contributed by atoms with Crippen LogP contribution in [0.2, 0.25) is 0 Å². The largest absolute Gasteiger partial charge is 0.375 e. The van der Waals surface area contributed by atoms with Crippen molar-refractivity contribution in [3.63, 3.8) is 0 Å². The first-order valence-corrected chi connectivity index (χ1v) is 7.36. The van der Waals surface area contributed by atoms with Crippen LogP contribution < -0.4 is 11.1 Å². The normalized spacial score (nSPS) is 14.7. The summed E-state index contributed by atoms with van der Waals surface area (Å²) < 4.78 is 0. The monoisotopic (exact) mass is 280 g/mol. The van der Waals surface area contributed by atoms with Gasteiger partial charge >= 0.3 is 0 Å². The van der Waals surface area contributed by atoms with Gasteiger partial charge in [0.15, 0.2) is 10.3 Å². The van der Waals surface area contributed by atoms with Gasteiger partial charge in [0.05, 0.1) is 12.1 Å². The molecule has 18 heavy (non-hydrogen) atoms. The Morgan fingerprint density at radius 3 is 3.06 bits per heavy atom. The Balaban J connectivity index is 1.59. The summed E-state index contributed by atoms with van der Waals surface area (Å²) in [4.78, 5) is 21.3. The van der Waals surface area contributed by atoms with E-state index in [2.05, 4.69) is 15.3 Å². The predicted molar refractivity (Wildman–Crippen MR) is 72.9 cm³/mol. The van der Waals surface area contributed by atoms with E-state index in [0.29, 0.717) is 21.9 Å². The van der Waals surface area contributed by atoms with Crippen LogP contribution in [0.1, 0.15) is 29.3 Å². The van der Waals surface area contributed by atoms with Crippen LogP contribution in [0.15, 0.2) is 11.6 Å². The van der Waals surface area contributed by atoms with Crippen molar-refractivity contribution in [1.82, 2.24) is 9.97 Å². The van der Waals surface area contributed by atoms with Crippen molar-refractivity contribution in [1.29, 1.82) is 0 Å². The standard InChI is InChI=1S/C11H12N4OS2/c12-10-14-7(5-17-10)3-9(16)15-11-13-4-8(18-11)6-1-2-6/h4-6H,1-3H2,(H2,12,14)(H,13,15,16). The van der Waals surface area contributed by atoms with Crippen LogP contribution in [0.4, 0.5) is 10.3 Å². The lowest BCUT2D eigenvalue weighted by atomic mass is 10.3. The molecular weight excluding hydrogens is 268 g/mol. The second kappa shape index (κ2) is 4.66. The molecule has 0 bridgehead atoms. The number of rotatable bonds is 4. The molecule has 1 saturated carbocycles. The van der Waals surface area contributed by atoms with Gasteiger partial charge in [0, 0.05) is 16.5 Å². The number of nitrogen functional groups attached to an aromatic ring is 1. The highest BCUT2D eigenvalue weighted by Gasteiger charge is 2.25. The van der Waals surface area contributed by atoms with Gasteiger partial charge < -0.3 is 11.1 Å². The summed E-state index contributed by atoms with van der Waals surface area (Å²) in [5.74, 6) is 0.573. The van der Waals surface area contributed by atoms with Crippen molar-refractivity contribution in [2.45, 2.75) is 25.2 Å². The topological polar surface area (TPSA) is 80.9 Å².